The highest BCUT2D eigenvalue weighted by Crippen LogP contribution is 2.32. The Kier molecular flexibility index (Phi) is 4.22. The zero-order chi connectivity index (χ0) is 16.4. The van der Waals surface area contributed by atoms with Crippen LogP contribution in [-0.4, -0.2) is 25.2 Å². The van der Waals surface area contributed by atoms with Gasteiger partial charge in [-0.3, -0.25) is 0 Å². The van der Waals surface area contributed by atoms with Crippen molar-refractivity contribution in [3.8, 4) is 27.6 Å². The Bertz CT molecular complexity index is 820. The lowest BCUT2D eigenvalue weighted by Crippen LogP contribution is -2.17. The van der Waals surface area contributed by atoms with Gasteiger partial charge in [0.05, 0.1) is 12.8 Å². The van der Waals surface area contributed by atoms with Gasteiger partial charge in [0.15, 0.2) is 0 Å². The molecule has 0 amide bonds. The standard InChI is InChI=1S/C20H20N2OS/c1-23-18-9-7-15(8-10-18)19-14-24-20(21-19)16-5-4-6-17(13-16)22-11-2-3-12-22/h4-10,13-14H,2-3,11-12H2,1H3. The van der Waals surface area contributed by atoms with Crippen molar-refractivity contribution >= 4 is 17.0 Å². The van der Waals surface area contributed by atoms with E-state index in [-0.39, 0.29) is 0 Å². The second kappa shape index (κ2) is 6.65. The minimum atomic E-state index is 0.868. The number of thiazole rings is 1. The van der Waals surface area contributed by atoms with Gasteiger partial charge in [-0.2, -0.15) is 0 Å². The van der Waals surface area contributed by atoms with E-state index in [4.69, 9.17) is 9.72 Å². The van der Waals surface area contributed by atoms with E-state index >= 15 is 0 Å². The first-order valence-electron chi connectivity index (χ1n) is 8.29. The van der Waals surface area contributed by atoms with E-state index in [9.17, 15) is 0 Å². The van der Waals surface area contributed by atoms with Crippen LogP contribution in [-0.2, 0) is 0 Å². The molecule has 0 saturated carbocycles. The van der Waals surface area contributed by atoms with Crippen LogP contribution in [0.2, 0.25) is 0 Å². The highest BCUT2D eigenvalue weighted by Gasteiger charge is 2.14. The number of nitrogens with zero attached hydrogens (tertiary/aromatic N) is 2. The van der Waals surface area contributed by atoms with Crippen LogP contribution in [0, 0.1) is 0 Å². The van der Waals surface area contributed by atoms with Crippen molar-refractivity contribution in [1.82, 2.24) is 4.98 Å². The van der Waals surface area contributed by atoms with Crippen LogP contribution in [0.4, 0.5) is 5.69 Å². The van der Waals surface area contributed by atoms with E-state index in [1.165, 1.54) is 37.2 Å². The number of hydrogen-bond acceptors (Lipinski definition) is 4. The highest BCUT2D eigenvalue weighted by atomic mass is 32.1. The second-order valence-corrected chi connectivity index (χ2v) is 6.87. The molecule has 24 heavy (non-hydrogen) atoms. The number of aromatic nitrogens is 1. The predicted molar refractivity (Wildman–Crippen MR) is 101 cm³/mol. The summed E-state index contributed by atoms with van der Waals surface area (Å²) in [6, 6.07) is 16.8. The lowest BCUT2D eigenvalue weighted by atomic mass is 10.1. The summed E-state index contributed by atoms with van der Waals surface area (Å²) in [7, 11) is 1.68. The highest BCUT2D eigenvalue weighted by molar-refractivity contribution is 7.13. The number of rotatable bonds is 4. The fraction of sp³-hybridized carbons (Fsp3) is 0.250. The third kappa shape index (κ3) is 3.02. The molecule has 2 heterocycles. The fourth-order valence-electron chi connectivity index (χ4n) is 3.11. The molecule has 4 heteroatoms. The molecule has 3 nitrogen and oxygen atoms in total. The van der Waals surface area contributed by atoms with Crippen molar-refractivity contribution in [2.24, 2.45) is 0 Å². The quantitative estimate of drug-likeness (QED) is 0.664. The molecule has 1 saturated heterocycles. The van der Waals surface area contributed by atoms with Crippen LogP contribution in [0.3, 0.4) is 0 Å². The van der Waals surface area contributed by atoms with E-state index in [1.807, 2.05) is 12.1 Å². The molecule has 0 radical (unpaired) electrons. The average Bonchev–Trinajstić information content (AvgIpc) is 3.34. The number of ether oxygens (including phenoxy) is 1. The minimum Gasteiger partial charge on any atom is -0.497 e. The Morgan fingerprint density at radius 1 is 1.00 bits per heavy atom. The van der Waals surface area contributed by atoms with Crippen LogP contribution in [0.25, 0.3) is 21.8 Å². The van der Waals surface area contributed by atoms with E-state index in [1.54, 1.807) is 18.4 Å². The maximum atomic E-state index is 5.22. The van der Waals surface area contributed by atoms with Crippen LogP contribution in [0.15, 0.2) is 53.9 Å². The molecule has 0 N–H and O–H groups in total. The van der Waals surface area contributed by atoms with Crippen LogP contribution >= 0.6 is 11.3 Å². The third-order valence-electron chi connectivity index (χ3n) is 4.45. The first kappa shape index (κ1) is 15.2. The van der Waals surface area contributed by atoms with Gasteiger partial charge in [0, 0.05) is 35.3 Å². The summed E-state index contributed by atoms with van der Waals surface area (Å²) in [5.41, 5.74) is 4.65. The molecule has 3 aromatic rings. The first-order valence-corrected chi connectivity index (χ1v) is 9.17. The molecule has 122 valence electrons. The van der Waals surface area contributed by atoms with Crippen molar-refractivity contribution < 1.29 is 4.74 Å². The number of benzene rings is 2. The molecule has 1 aromatic heterocycles. The smallest absolute Gasteiger partial charge is 0.124 e. The van der Waals surface area contributed by atoms with Gasteiger partial charge < -0.3 is 9.64 Å². The Morgan fingerprint density at radius 2 is 1.79 bits per heavy atom. The maximum Gasteiger partial charge on any atom is 0.124 e. The summed E-state index contributed by atoms with van der Waals surface area (Å²) in [6.07, 6.45) is 2.59. The molecule has 0 aliphatic carbocycles. The first-order chi connectivity index (χ1) is 11.8. The molecule has 0 spiro atoms. The Balaban J connectivity index is 1.61. The van der Waals surface area contributed by atoms with Gasteiger partial charge in [-0.15, -0.1) is 11.3 Å². The normalized spacial score (nSPS) is 14.1. The maximum absolute atomic E-state index is 5.22. The fourth-order valence-corrected chi connectivity index (χ4v) is 3.94. The molecule has 1 aliphatic heterocycles. The molecular weight excluding hydrogens is 316 g/mol. The topological polar surface area (TPSA) is 25.4 Å². The lowest BCUT2D eigenvalue weighted by Gasteiger charge is -2.17. The Hall–Kier alpha value is -2.33. The monoisotopic (exact) mass is 336 g/mol. The van der Waals surface area contributed by atoms with Crippen molar-refractivity contribution in [3.05, 3.63) is 53.9 Å². The summed E-state index contributed by atoms with van der Waals surface area (Å²) in [6.45, 7) is 2.33. The average molecular weight is 336 g/mol. The van der Waals surface area contributed by atoms with Crippen molar-refractivity contribution in [3.63, 3.8) is 0 Å². The summed E-state index contributed by atoms with van der Waals surface area (Å²) in [4.78, 5) is 7.29. The zero-order valence-electron chi connectivity index (χ0n) is 13.7. The summed E-state index contributed by atoms with van der Waals surface area (Å²) in [5.74, 6) is 0.868. The van der Waals surface area contributed by atoms with Gasteiger partial charge in [-0.1, -0.05) is 12.1 Å². The van der Waals surface area contributed by atoms with E-state index < -0.39 is 0 Å². The Labute approximate surface area is 146 Å². The van der Waals surface area contributed by atoms with E-state index in [0.717, 1.165) is 22.0 Å². The lowest BCUT2D eigenvalue weighted by molar-refractivity contribution is 0.415. The molecule has 4 rings (SSSR count). The molecule has 1 fully saturated rings. The second-order valence-electron chi connectivity index (χ2n) is 6.01. The van der Waals surface area contributed by atoms with Gasteiger partial charge in [-0.25, -0.2) is 4.98 Å². The summed E-state index contributed by atoms with van der Waals surface area (Å²) in [5, 5.41) is 3.20. The van der Waals surface area contributed by atoms with Crippen LogP contribution < -0.4 is 9.64 Å². The minimum absolute atomic E-state index is 0.868. The van der Waals surface area contributed by atoms with Gasteiger partial charge in [-0.05, 0) is 49.2 Å². The third-order valence-corrected chi connectivity index (χ3v) is 5.35. The molecule has 1 aliphatic rings. The van der Waals surface area contributed by atoms with Gasteiger partial charge in [0.25, 0.3) is 0 Å². The van der Waals surface area contributed by atoms with Crippen molar-refractivity contribution in [2.75, 3.05) is 25.1 Å². The van der Waals surface area contributed by atoms with Crippen LogP contribution in [0.5, 0.6) is 5.75 Å². The number of anilines is 1. The SMILES string of the molecule is COc1ccc(-c2csc(-c3cccc(N4CCCC4)c3)n2)cc1. The molecule has 0 atom stereocenters. The molecule has 0 unspecified atom stereocenters. The zero-order valence-corrected chi connectivity index (χ0v) is 14.6. The molecular formula is C20H20N2OS. The molecule has 2 aromatic carbocycles. The van der Waals surface area contributed by atoms with Crippen molar-refractivity contribution in [1.29, 1.82) is 0 Å². The van der Waals surface area contributed by atoms with Crippen LogP contribution in [0.1, 0.15) is 12.8 Å². The summed E-state index contributed by atoms with van der Waals surface area (Å²) >= 11 is 1.70. The van der Waals surface area contributed by atoms with Gasteiger partial charge in [0.1, 0.15) is 10.8 Å². The summed E-state index contributed by atoms with van der Waals surface area (Å²) < 4.78 is 5.22. The Morgan fingerprint density at radius 3 is 2.54 bits per heavy atom. The van der Waals surface area contributed by atoms with Gasteiger partial charge in [0.2, 0.25) is 0 Å². The number of hydrogen-bond donors (Lipinski definition) is 0. The van der Waals surface area contributed by atoms with Gasteiger partial charge >= 0.3 is 0 Å². The predicted octanol–water partition coefficient (Wildman–Crippen LogP) is 5.09. The van der Waals surface area contributed by atoms with E-state index in [0.29, 0.717) is 0 Å². The van der Waals surface area contributed by atoms with E-state index in [2.05, 4.69) is 46.7 Å². The molecule has 0 bridgehead atoms. The number of methoxy groups -OCH3 is 1. The van der Waals surface area contributed by atoms with Crippen molar-refractivity contribution in [2.45, 2.75) is 12.8 Å². The largest absolute Gasteiger partial charge is 0.497 e.